The number of hydrazine groups is 1. The molecule has 1 aromatic heterocycles. The number of thioether (sulfide) groups is 1. The van der Waals surface area contributed by atoms with Gasteiger partial charge in [-0.05, 0) is 30.3 Å². The first kappa shape index (κ1) is 13.9. The van der Waals surface area contributed by atoms with E-state index in [0.29, 0.717) is 16.3 Å². The molecule has 0 unspecified atom stereocenters. The summed E-state index contributed by atoms with van der Waals surface area (Å²) in [6.07, 6.45) is 1.51. The van der Waals surface area contributed by atoms with Gasteiger partial charge >= 0.3 is 0 Å². The maximum Gasteiger partial charge on any atom is 0.266 e. The molecule has 0 bridgehead atoms. The molecular weight excluding hydrogens is 282 g/mol. The van der Waals surface area contributed by atoms with Gasteiger partial charge < -0.3 is 0 Å². The number of nitrogen functional groups attached to an aromatic ring is 1. The molecule has 0 radical (unpaired) electrons. The molecule has 2 rings (SSSR count). The first-order valence-electron chi connectivity index (χ1n) is 5.53. The van der Waals surface area contributed by atoms with E-state index in [1.165, 1.54) is 6.20 Å². The molecule has 98 valence electrons. The summed E-state index contributed by atoms with van der Waals surface area (Å²) >= 11 is 7.55. The fourth-order valence-electron chi connectivity index (χ4n) is 1.44. The van der Waals surface area contributed by atoms with Crippen molar-refractivity contribution in [3.63, 3.8) is 0 Å². The SMILES string of the molecule is NNC(=O)c1ccc(CSc2cccc(Cl)c2)nc1. The number of aromatic nitrogens is 1. The molecule has 3 N–H and O–H groups in total. The fraction of sp³-hybridized carbons (Fsp3) is 0.0769. The molecule has 0 aliphatic carbocycles. The highest BCUT2D eigenvalue weighted by Gasteiger charge is 2.04. The van der Waals surface area contributed by atoms with Crippen LogP contribution in [0.15, 0.2) is 47.5 Å². The summed E-state index contributed by atoms with van der Waals surface area (Å²) in [5.41, 5.74) is 3.40. The first-order valence-corrected chi connectivity index (χ1v) is 6.89. The lowest BCUT2D eigenvalue weighted by molar-refractivity contribution is 0.0953. The molecule has 19 heavy (non-hydrogen) atoms. The van der Waals surface area contributed by atoms with Crippen LogP contribution in [0, 0.1) is 0 Å². The first-order chi connectivity index (χ1) is 9.19. The Morgan fingerprint density at radius 1 is 1.37 bits per heavy atom. The van der Waals surface area contributed by atoms with Crippen molar-refractivity contribution in [2.45, 2.75) is 10.6 Å². The smallest absolute Gasteiger partial charge is 0.266 e. The van der Waals surface area contributed by atoms with Crippen LogP contribution in [-0.4, -0.2) is 10.9 Å². The van der Waals surface area contributed by atoms with Crippen molar-refractivity contribution in [2.75, 3.05) is 0 Å². The molecule has 1 amide bonds. The van der Waals surface area contributed by atoms with Gasteiger partial charge in [0.2, 0.25) is 0 Å². The van der Waals surface area contributed by atoms with Gasteiger partial charge in [-0.1, -0.05) is 17.7 Å². The van der Waals surface area contributed by atoms with Gasteiger partial charge in [0.15, 0.2) is 0 Å². The Labute approximate surface area is 120 Å². The molecule has 4 nitrogen and oxygen atoms in total. The zero-order valence-corrected chi connectivity index (χ0v) is 11.5. The number of carbonyl (C=O) groups excluding carboxylic acids is 1. The van der Waals surface area contributed by atoms with Gasteiger partial charge in [-0.25, -0.2) is 5.84 Å². The summed E-state index contributed by atoms with van der Waals surface area (Å²) in [4.78, 5) is 16.5. The Morgan fingerprint density at radius 3 is 2.84 bits per heavy atom. The summed E-state index contributed by atoms with van der Waals surface area (Å²) in [5.74, 6) is 5.41. The van der Waals surface area contributed by atoms with Crippen LogP contribution in [0.25, 0.3) is 0 Å². The molecule has 6 heteroatoms. The fourth-order valence-corrected chi connectivity index (χ4v) is 2.57. The van der Waals surface area contributed by atoms with Crippen LogP contribution in [0.1, 0.15) is 16.1 Å². The third-order valence-corrected chi connectivity index (χ3v) is 3.66. The molecule has 0 atom stereocenters. The van der Waals surface area contributed by atoms with Crippen molar-refractivity contribution < 1.29 is 4.79 Å². The van der Waals surface area contributed by atoms with Crippen LogP contribution in [0.4, 0.5) is 0 Å². The van der Waals surface area contributed by atoms with E-state index in [-0.39, 0.29) is 5.91 Å². The normalized spacial score (nSPS) is 10.2. The van der Waals surface area contributed by atoms with Gasteiger partial charge in [0.1, 0.15) is 0 Å². The standard InChI is InChI=1S/C13H12ClN3OS/c14-10-2-1-3-12(6-10)19-8-11-5-4-9(7-16-11)13(18)17-15/h1-7H,8,15H2,(H,17,18). The topological polar surface area (TPSA) is 68.0 Å². The Kier molecular flexibility index (Phi) is 4.79. The van der Waals surface area contributed by atoms with E-state index in [2.05, 4.69) is 10.4 Å². The van der Waals surface area contributed by atoms with Crippen molar-refractivity contribution in [1.82, 2.24) is 10.4 Å². The van der Waals surface area contributed by atoms with Gasteiger partial charge in [-0.15, -0.1) is 11.8 Å². The lowest BCUT2D eigenvalue weighted by Crippen LogP contribution is -2.30. The lowest BCUT2D eigenvalue weighted by Gasteiger charge is -2.03. The highest BCUT2D eigenvalue weighted by Crippen LogP contribution is 2.24. The van der Waals surface area contributed by atoms with Gasteiger partial charge in [-0.3, -0.25) is 15.2 Å². The van der Waals surface area contributed by atoms with Crippen LogP contribution < -0.4 is 11.3 Å². The molecule has 2 aromatic rings. The summed E-state index contributed by atoms with van der Waals surface area (Å²) in [7, 11) is 0. The van der Waals surface area contributed by atoms with E-state index in [0.717, 1.165) is 10.6 Å². The average Bonchev–Trinajstić information content (AvgIpc) is 2.45. The summed E-state index contributed by atoms with van der Waals surface area (Å²) < 4.78 is 0. The van der Waals surface area contributed by atoms with Crippen LogP contribution in [-0.2, 0) is 5.75 Å². The second-order valence-electron chi connectivity index (χ2n) is 3.76. The second kappa shape index (κ2) is 6.56. The number of carbonyl (C=O) groups is 1. The molecule has 0 aliphatic rings. The molecule has 0 saturated heterocycles. The number of benzene rings is 1. The maximum atomic E-state index is 11.2. The van der Waals surface area contributed by atoms with E-state index in [1.807, 2.05) is 30.3 Å². The second-order valence-corrected chi connectivity index (χ2v) is 5.24. The number of amides is 1. The van der Waals surface area contributed by atoms with Gasteiger partial charge in [0, 0.05) is 21.9 Å². The number of hydrogen-bond donors (Lipinski definition) is 2. The molecule has 1 heterocycles. The zero-order chi connectivity index (χ0) is 13.7. The highest BCUT2D eigenvalue weighted by atomic mass is 35.5. The Bertz CT molecular complexity index is 574. The number of halogens is 1. The van der Waals surface area contributed by atoms with E-state index in [1.54, 1.807) is 17.8 Å². The molecule has 0 fully saturated rings. The van der Waals surface area contributed by atoms with Crippen LogP contribution in [0.2, 0.25) is 5.02 Å². The van der Waals surface area contributed by atoms with Crippen LogP contribution in [0.5, 0.6) is 0 Å². The molecule has 0 spiro atoms. The number of nitrogens with zero attached hydrogens (tertiary/aromatic N) is 1. The summed E-state index contributed by atoms with van der Waals surface area (Å²) in [6, 6.07) is 11.2. The molecule has 0 saturated carbocycles. The molecule has 0 aliphatic heterocycles. The minimum Gasteiger partial charge on any atom is -0.290 e. The predicted octanol–water partition coefficient (Wildman–Crippen LogP) is 2.63. The van der Waals surface area contributed by atoms with Crippen molar-refractivity contribution in [3.8, 4) is 0 Å². The van der Waals surface area contributed by atoms with Crippen LogP contribution >= 0.6 is 23.4 Å². The predicted molar refractivity (Wildman–Crippen MR) is 76.9 cm³/mol. The average molecular weight is 294 g/mol. The zero-order valence-electron chi connectivity index (χ0n) is 9.97. The van der Waals surface area contributed by atoms with Gasteiger partial charge in [-0.2, -0.15) is 0 Å². The van der Waals surface area contributed by atoms with E-state index >= 15 is 0 Å². The Morgan fingerprint density at radius 2 is 2.21 bits per heavy atom. The Hall–Kier alpha value is -1.56. The minimum atomic E-state index is -0.346. The third-order valence-electron chi connectivity index (χ3n) is 2.40. The van der Waals surface area contributed by atoms with Crippen molar-refractivity contribution in [2.24, 2.45) is 5.84 Å². The van der Waals surface area contributed by atoms with Gasteiger partial charge in [0.05, 0.1) is 11.3 Å². The largest absolute Gasteiger partial charge is 0.290 e. The minimum absolute atomic E-state index is 0.346. The van der Waals surface area contributed by atoms with Crippen LogP contribution in [0.3, 0.4) is 0 Å². The van der Waals surface area contributed by atoms with Crippen molar-refractivity contribution in [1.29, 1.82) is 0 Å². The van der Waals surface area contributed by atoms with E-state index in [9.17, 15) is 4.79 Å². The number of rotatable bonds is 4. The highest BCUT2D eigenvalue weighted by molar-refractivity contribution is 7.98. The number of nitrogens with two attached hydrogens (primary N) is 1. The van der Waals surface area contributed by atoms with Crippen molar-refractivity contribution in [3.05, 3.63) is 58.9 Å². The number of nitrogens with one attached hydrogen (secondary N) is 1. The summed E-state index contributed by atoms with van der Waals surface area (Å²) in [5, 5.41) is 0.716. The molecule has 1 aromatic carbocycles. The Balaban J connectivity index is 1.98. The van der Waals surface area contributed by atoms with Gasteiger partial charge in [0.25, 0.3) is 5.91 Å². The maximum absolute atomic E-state index is 11.2. The number of pyridine rings is 1. The van der Waals surface area contributed by atoms with E-state index in [4.69, 9.17) is 17.4 Å². The monoisotopic (exact) mass is 293 g/mol. The lowest BCUT2D eigenvalue weighted by atomic mass is 10.2. The third kappa shape index (κ3) is 3.96. The van der Waals surface area contributed by atoms with Crippen molar-refractivity contribution >= 4 is 29.3 Å². The quantitative estimate of drug-likeness (QED) is 0.393. The number of hydrogen-bond acceptors (Lipinski definition) is 4. The summed E-state index contributed by atoms with van der Waals surface area (Å²) in [6.45, 7) is 0. The molecular formula is C13H12ClN3OS. The van der Waals surface area contributed by atoms with E-state index < -0.39 is 0 Å².